The summed E-state index contributed by atoms with van der Waals surface area (Å²) in [7, 11) is 0. The number of nitrogens with two attached hydrogens (primary N) is 1. The quantitative estimate of drug-likeness (QED) is 0.199. The minimum absolute atomic E-state index is 0.0247. The summed E-state index contributed by atoms with van der Waals surface area (Å²) in [6.45, 7) is -0.825. The Morgan fingerprint density at radius 2 is 2.16 bits per heavy atom. The van der Waals surface area contributed by atoms with Crippen LogP contribution in [0.25, 0.3) is 11.2 Å². The van der Waals surface area contributed by atoms with Gasteiger partial charge in [0.2, 0.25) is 5.95 Å². The third-order valence-electron chi connectivity index (χ3n) is 6.44. The van der Waals surface area contributed by atoms with E-state index in [9.17, 15) is 24.4 Å². The molecule has 2 aliphatic rings. The molecule has 2 aromatic heterocycles. The maximum atomic E-state index is 13.2. The maximum Gasteiger partial charge on any atom is 0.327 e. The summed E-state index contributed by atoms with van der Waals surface area (Å²) in [5, 5.41) is 24.5. The fourth-order valence-corrected chi connectivity index (χ4v) is 8.23. The normalized spacial score (nSPS) is 32.0. The predicted octanol–water partition coefficient (Wildman–Crippen LogP) is 0.845. The van der Waals surface area contributed by atoms with Crippen molar-refractivity contribution in [2.24, 2.45) is 0 Å². The highest BCUT2D eigenvalue weighted by molar-refractivity contribution is 8.56. The standard InChI is InChI=1S/C22H27N6O8PS/c1-11(12-6-4-3-5-7-12)35-19(31)13-9-38-37(33,27-13)34-8-14-16(29)22(2,32)20(36-14)28-10-24-15-17(28)25-21(23)26-18(15)30/h3-7,10-11,13-14,16,20,29,32H,8-9H2,1-2H3,(H,27,33)(H3,23,25,26,30)/t11?,13?,14?,16-,20-,22-,37?/m1/s1. The largest absolute Gasteiger partial charge is 0.457 e. The number of hydrogen-bond acceptors (Lipinski definition) is 12. The topological polar surface area (TPSA) is 204 Å². The molecule has 7 atom stereocenters. The smallest absolute Gasteiger partial charge is 0.327 e. The average Bonchev–Trinajstić information content (AvgIpc) is 3.54. The van der Waals surface area contributed by atoms with Crippen molar-refractivity contribution < 1.29 is 33.6 Å². The molecule has 1 aromatic carbocycles. The maximum absolute atomic E-state index is 13.2. The van der Waals surface area contributed by atoms with Crippen LogP contribution in [0.15, 0.2) is 41.5 Å². The minimum atomic E-state index is -3.55. The first-order chi connectivity index (χ1) is 18.0. The zero-order valence-corrected chi connectivity index (χ0v) is 22.1. The van der Waals surface area contributed by atoms with Crippen molar-refractivity contribution >= 4 is 41.2 Å². The third-order valence-corrected chi connectivity index (χ3v) is 10.5. The summed E-state index contributed by atoms with van der Waals surface area (Å²) in [6, 6.07) is 8.37. The van der Waals surface area contributed by atoms with E-state index in [1.807, 2.05) is 30.3 Å². The summed E-state index contributed by atoms with van der Waals surface area (Å²) in [6.07, 6.45) is -3.03. The van der Waals surface area contributed by atoms with Crippen molar-refractivity contribution in [2.45, 2.75) is 50.0 Å². The number of aliphatic hydroxyl groups is 2. The molecule has 2 saturated heterocycles. The molecule has 0 aliphatic carbocycles. The second-order valence-corrected chi connectivity index (χ2v) is 13.6. The molecule has 0 saturated carbocycles. The molecule has 3 aromatic rings. The van der Waals surface area contributed by atoms with Gasteiger partial charge in [0.15, 0.2) is 17.4 Å². The number of nitrogens with one attached hydrogen (secondary N) is 2. The Morgan fingerprint density at radius 3 is 2.89 bits per heavy atom. The van der Waals surface area contributed by atoms with Crippen LogP contribution in [0, 0.1) is 0 Å². The molecule has 5 rings (SSSR count). The predicted molar refractivity (Wildman–Crippen MR) is 137 cm³/mol. The molecule has 4 heterocycles. The number of fused-ring (bicyclic) bond motifs is 1. The van der Waals surface area contributed by atoms with Gasteiger partial charge in [-0.25, -0.2) is 10.1 Å². The molecule has 4 unspecified atom stereocenters. The molecular weight excluding hydrogens is 539 g/mol. The number of carbonyl (C=O) groups is 1. The lowest BCUT2D eigenvalue weighted by molar-refractivity contribution is -0.150. The van der Waals surface area contributed by atoms with E-state index in [4.69, 9.17) is 19.7 Å². The van der Waals surface area contributed by atoms with Crippen LogP contribution in [0.2, 0.25) is 0 Å². The molecule has 14 nitrogen and oxygen atoms in total. The van der Waals surface area contributed by atoms with Crippen molar-refractivity contribution in [3.8, 4) is 0 Å². The molecule has 0 amide bonds. The number of anilines is 1. The fraction of sp³-hybridized carbons (Fsp3) is 0.455. The lowest BCUT2D eigenvalue weighted by Gasteiger charge is -2.27. The van der Waals surface area contributed by atoms with Crippen molar-refractivity contribution in [1.82, 2.24) is 24.6 Å². The van der Waals surface area contributed by atoms with E-state index in [1.165, 1.54) is 17.8 Å². The lowest BCUT2D eigenvalue weighted by Crippen LogP contribution is -2.44. The SMILES string of the molecule is CC(OC(=O)C1CSP(=O)(OCC2O[C@@H](n3cnc4c(=O)[nH]c(N)nc43)[C@](C)(O)[C@@H]2O)N1)c1ccccc1. The first-order valence-electron chi connectivity index (χ1n) is 11.7. The van der Waals surface area contributed by atoms with Crippen LogP contribution in [-0.2, 0) is 23.4 Å². The summed E-state index contributed by atoms with van der Waals surface area (Å²) in [5.41, 5.74) is 4.07. The third kappa shape index (κ3) is 4.98. The van der Waals surface area contributed by atoms with Gasteiger partial charge in [-0.3, -0.25) is 23.7 Å². The number of benzene rings is 1. The van der Waals surface area contributed by atoms with Crippen LogP contribution in [-0.4, -0.2) is 71.9 Å². The molecule has 0 spiro atoms. The molecular formula is C22H27N6O8PS. The van der Waals surface area contributed by atoms with Gasteiger partial charge < -0.3 is 29.9 Å². The van der Waals surface area contributed by atoms with E-state index in [0.29, 0.717) is 0 Å². The van der Waals surface area contributed by atoms with E-state index in [0.717, 1.165) is 16.9 Å². The number of nitrogen functional groups attached to an aromatic ring is 1. The van der Waals surface area contributed by atoms with Gasteiger partial charge in [0.25, 0.3) is 5.56 Å². The van der Waals surface area contributed by atoms with Gasteiger partial charge in [0, 0.05) is 5.75 Å². The van der Waals surface area contributed by atoms with Crippen LogP contribution in [0.5, 0.6) is 0 Å². The monoisotopic (exact) mass is 566 g/mol. The Balaban J connectivity index is 1.23. The molecule has 38 heavy (non-hydrogen) atoms. The van der Waals surface area contributed by atoms with Crippen LogP contribution in [0.1, 0.15) is 31.7 Å². The van der Waals surface area contributed by atoms with Gasteiger partial charge in [-0.15, -0.1) is 0 Å². The highest BCUT2D eigenvalue weighted by atomic mass is 32.7. The van der Waals surface area contributed by atoms with E-state index >= 15 is 0 Å². The number of carbonyl (C=O) groups excluding carboxylic acids is 1. The zero-order valence-electron chi connectivity index (χ0n) is 20.4. The zero-order chi connectivity index (χ0) is 27.2. The summed E-state index contributed by atoms with van der Waals surface area (Å²) >= 11 is 0.937. The number of nitrogens with zero attached hydrogens (tertiary/aromatic N) is 3. The molecule has 16 heteroatoms. The number of ether oxygens (including phenoxy) is 2. The van der Waals surface area contributed by atoms with Crippen LogP contribution < -0.4 is 16.4 Å². The molecule has 0 radical (unpaired) electrons. The molecule has 2 fully saturated rings. The second kappa shape index (κ2) is 10.1. The number of aromatic amines is 1. The van der Waals surface area contributed by atoms with E-state index in [2.05, 4.69) is 20.0 Å². The molecule has 2 aliphatic heterocycles. The number of aliphatic hydroxyl groups excluding tert-OH is 1. The van der Waals surface area contributed by atoms with E-state index < -0.39 is 54.4 Å². The summed E-state index contributed by atoms with van der Waals surface area (Å²) in [5.74, 6) is -0.561. The van der Waals surface area contributed by atoms with Crippen molar-refractivity contribution in [3.63, 3.8) is 0 Å². The highest BCUT2D eigenvalue weighted by Crippen LogP contribution is 2.61. The van der Waals surface area contributed by atoms with Gasteiger partial charge in [-0.1, -0.05) is 41.7 Å². The Hall–Kier alpha value is -2.78. The number of rotatable bonds is 7. The van der Waals surface area contributed by atoms with E-state index in [1.54, 1.807) is 6.92 Å². The number of esters is 1. The average molecular weight is 567 g/mol. The van der Waals surface area contributed by atoms with Gasteiger partial charge in [0.1, 0.15) is 30.0 Å². The van der Waals surface area contributed by atoms with Crippen molar-refractivity contribution in [1.29, 1.82) is 0 Å². The Kier molecular flexibility index (Phi) is 7.11. The van der Waals surface area contributed by atoms with Crippen LogP contribution in [0.4, 0.5) is 5.95 Å². The fourth-order valence-electron chi connectivity index (χ4n) is 4.35. The Labute approximate surface area is 220 Å². The van der Waals surface area contributed by atoms with Crippen molar-refractivity contribution in [2.75, 3.05) is 18.1 Å². The number of H-pyrrole nitrogens is 1. The lowest BCUT2D eigenvalue weighted by atomic mass is 9.96. The minimum Gasteiger partial charge on any atom is -0.457 e. The number of aromatic nitrogens is 4. The van der Waals surface area contributed by atoms with Gasteiger partial charge >= 0.3 is 12.7 Å². The van der Waals surface area contributed by atoms with Gasteiger partial charge in [-0.2, -0.15) is 4.98 Å². The highest BCUT2D eigenvalue weighted by Gasteiger charge is 2.54. The Morgan fingerprint density at radius 1 is 1.42 bits per heavy atom. The first kappa shape index (κ1) is 26.8. The van der Waals surface area contributed by atoms with Gasteiger partial charge in [0.05, 0.1) is 12.9 Å². The second-order valence-electron chi connectivity index (χ2n) is 9.23. The molecule has 0 bridgehead atoms. The summed E-state index contributed by atoms with van der Waals surface area (Å²) in [4.78, 5) is 35.1. The first-order valence-corrected chi connectivity index (χ1v) is 14.9. The molecule has 204 valence electrons. The van der Waals surface area contributed by atoms with Crippen molar-refractivity contribution in [3.05, 3.63) is 52.6 Å². The summed E-state index contributed by atoms with van der Waals surface area (Å²) < 4.78 is 31.5. The number of hydrogen-bond donors (Lipinski definition) is 5. The van der Waals surface area contributed by atoms with Crippen LogP contribution in [0.3, 0.4) is 0 Å². The number of imidazole rings is 1. The van der Waals surface area contributed by atoms with Gasteiger partial charge in [-0.05, 0) is 19.4 Å². The molecule has 6 N–H and O–H groups in total. The Bertz CT molecular complexity index is 1450. The van der Waals surface area contributed by atoms with E-state index in [-0.39, 0.29) is 29.5 Å². The van der Waals surface area contributed by atoms with Crippen LogP contribution >= 0.6 is 18.1 Å².